The first-order valence-electron chi connectivity index (χ1n) is 7.38. The molecule has 3 rings (SSSR count). The molecule has 23 heavy (non-hydrogen) atoms. The van der Waals surface area contributed by atoms with E-state index in [2.05, 4.69) is 11.4 Å². The lowest BCUT2D eigenvalue weighted by Crippen LogP contribution is -2.51. The summed E-state index contributed by atoms with van der Waals surface area (Å²) in [5.41, 5.74) is 0.334. The molecule has 5 heteroatoms. The molecule has 116 valence electrons. The van der Waals surface area contributed by atoms with E-state index in [1.54, 1.807) is 17.4 Å². The largest absolute Gasteiger partial charge is 0.334 e. The van der Waals surface area contributed by atoms with Gasteiger partial charge in [0.1, 0.15) is 5.54 Å². The van der Waals surface area contributed by atoms with Crippen LogP contribution in [-0.2, 0) is 4.79 Å². The van der Waals surface area contributed by atoms with Crippen LogP contribution in [0.4, 0.5) is 0 Å². The van der Waals surface area contributed by atoms with Gasteiger partial charge >= 0.3 is 0 Å². The highest BCUT2D eigenvalue weighted by atomic mass is 35.5. The zero-order chi connectivity index (χ0) is 16.3. The predicted molar refractivity (Wildman–Crippen MR) is 94.1 cm³/mol. The maximum Gasteiger partial charge on any atom is 0.245 e. The van der Waals surface area contributed by atoms with Crippen LogP contribution in [0.3, 0.4) is 0 Å². The molecule has 1 fully saturated rings. The molecule has 0 aliphatic heterocycles. The third-order valence-electron chi connectivity index (χ3n) is 3.95. The van der Waals surface area contributed by atoms with Crippen LogP contribution in [0, 0.1) is 11.3 Å². The summed E-state index contributed by atoms with van der Waals surface area (Å²) in [7, 11) is 0. The van der Waals surface area contributed by atoms with Gasteiger partial charge in [0.05, 0.1) is 6.07 Å². The Labute approximate surface area is 144 Å². The van der Waals surface area contributed by atoms with E-state index in [1.807, 2.05) is 36.4 Å². The van der Waals surface area contributed by atoms with Gasteiger partial charge in [0, 0.05) is 26.4 Å². The Bertz CT molecular complexity index is 799. The second kappa shape index (κ2) is 6.57. The summed E-state index contributed by atoms with van der Waals surface area (Å²) in [4.78, 5) is 14.0. The van der Waals surface area contributed by atoms with Crippen LogP contribution in [-0.4, -0.2) is 11.4 Å². The minimum atomic E-state index is -0.653. The molecule has 1 aliphatic carbocycles. The van der Waals surface area contributed by atoms with E-state index in [1.165, 1.54) is 6.08 Å². The molecule has 3 nitrogen and oxygen atoms in total. The highest BCUT2D eigenvalue weighted by Crippen LogP contribution is 2.34. The smallest absolute Gasteiger partial charge is 0.245 e. The molecule has 2 aromatic rings. The fourth-order valence-corrected chi connectivity index (χ4v) is 3.72. The molecule has 0 radical (unpaired) electrons. The Hall–Kier alpha value is -2.09. The molecule has 1 heterocycles. The molecule has 1 aromatic carbocycles. The standard InChI is InChI=1S/C18H15ClN2OS/c19-15-5-2-1-4-14(15)16-8-6-13(23-16)7-9-17(22)21-18(12-20)10-3-11-18/h1-2,4-9H,3,10-11H2,(H,21,22). The van der Waals surface area contributed by atoms with Gasteiger partial charge in [-0.25, -0.2) is 0 Å². The Kier molecular flexibility index (Phi) is 4.51. The monoisotopic (exact) mass is 342 g/mol. The average molecular weight is 343 g/mol. The fourth-order valence-electron chi connectivity index (χ4n) is 2.48. The number of hydrogen-bond donors (Lipinski definition) is 1. The molecular weight excluding hydrogens is 328 g/mol. The Morgan fingerprint density at radius 1 is 1.30 bits per heavy atom. The maximum atomic E-state index is 11.9. The molecule has 0 saturated heterocycles. The second-order valence-corrected chi connectivity index (χ2v) is 7.07. The fraction of sp³-hybridized carbons (Fsp3) is 0.222. The number of thiophene rings is 1. The van der Waals surface area contributed by atoms with Gasteiger partial charge in [0.2, 0.25) is 5.91 Å². The second-order valence-electron chi connectivity index (χ2n) is 5.55. The van der Waals surface area contributed by atoms with Crippen molar-refractivity contribution in [2.45, 2.75) is 24.8 Å². The highest BCUT2D eigenvalue weighted by Gasteiger charge is 2.38. The number of benzene rings is 1. The van der Waals surface area contributed by atoms with Crippen molar-refractivity contribution in [2.24, 2.45) is 0 Å². The molecule has 0 spiro atoms. The summed E-state index contributed by atoms with van der Waals surface area (Å²) < 4.78 is 0. The van der Waals surface area contributed by atoms with E-state index in [4.69, 9.17) is 16.9 Å². The van der Waals surface area contributed by atoms with Crippen LogP contribution in [0.15, 0.2) is 42.5 Å². The number of rotatable bonds is 4. The predicted octanol–water partition coefficient (Wildman–Crippen LogP) is 4.64. The van der Waals surface area contributed by atoms with Gasteiger partial charge in [0.15, 0.2) is 0 Å². The number of nitrogens with one attached hydrogen (secondary N) is 1. The number of nitriles is 1. The lowest BCUT2D eigenvalue weighted by Gasteiger charge is -2.35. The first-order chi connectivity index (χ1) is 11.1. The van der Waals surface area contributed by atoms with Gasteiger partial charge < -0.3 is 5.32 Å². The van der Waals surface area contributed by atoms with Crippen molar-refractivity contribution >= 4 is 34.9 Å². The number of nitrogens with zero attached hydrogens (tertiary/aromatic N) is 1. The van der Waals surface area contributed by atoms with E-state index in [9.17, 15) is 4.79 Å². The number of carbonyl (C=O) groups is 1. The van der Waals surface area contributed by atoms with E-state index >= 15 is 0 Å². The van der Waals surface area contributed by atoms with Crippen molar-refractivity contribution in [1.82, 2.24) is 5.32 Å². The van der Waals surface area contributed by atoms with Crippen LogP contribution in [0.25, 0.3) is 16.5 Å². The Balaban J connectivity index is 1.68. The topological polar surface area (TPSA) is 52.9 Å². The van der Waals surface area contributed by atoms with E-state index in [0.29, 0.717) is 5.02 Å². The first kappa shape index (κ1) is 15.8. The molecular formula is C18H15ClN2OS. The molecule has 1 amide bonds. The van der Waals surface area contributed by atoms with Crippen LogP contribution in [0.1, 0.15) is 24.1 Å². The van der Waals surface area contributed by atoms with Crippen LogP contribution in [0.2, 0.25) is 5.02 Å². The zero-order valence-corrected chi connectivity index (χ0v) is 14.0. The molecule has 1 N–H and O–H groups in total. The molecule has 1 aliphatic rings. The van der Waals surface area contributed by atoms with Crippen LogP contribution < -0.4 is 5.32 Å². The molecule has 1 saturated carbocycles. The summed E-state index contributed by atoms with van der Waals surface area (Å²) in [6, 6.07) is 13.8. The number of carbonyl (C=O) groups excluding carboxylic acids is 1. The van der Waals surface area contributed by atoms with Crippen molar-refractivity contribution in [3.63, 3.8) is 0 Å². The van der Waals surface area contributed by atoms with Crippen molar-refractivity contribution in [2.75, 3.05) is 0 Å². The molecule has 1 aromatic heterocycles. The van der Waals surface area contributed by atoms with Crippen molar-refractivity contribution in [1.29, 1.82) is 5.26 Å². The third-order valence-corrected chi connectivity index (χ3v) is 5.36. The minimum Gasteiger partial charge on any atom is -0.334 e. The summed E-state index contributed by atoms with van der Waals surface area (Å²) in [5.74, 6) is -0.223. The van der Waals surface area contributed by atoms with E-state index in [0.717, 1.165) is 34.6 Å². The van der Waals surface area contributed by atoms with Gasteiger partial charge in [-0.3, -0.25) is 4.79 Å². The molecule has 0 unspecified atom stereocenters. The normalized spacial score (nSPS) is 15.8. The summed E-state index contributed by atoms with van der Waals surface area (Å²) in [6.45, 7) is 0. The van der Waals surface area contributed by atoms with Gasteiger partial charge in [-0.2, -0.15) is 5.26 Å². The van der Waals surface area contributed by atoms with Crippen molar-refractivity contribution in [3.8, 4) is 16.5 Å². The quantitative estimate of drug-likeness (QED) is 0.822. The number of hydrogen-bond acceptors (Lipinski definition) is 3. The molecule has 0 bridgehead atoms. The number of amides is 1. The Morgan fingerprint density at radius 2 is 2.09 bits per heavy atom. The zero-order valence-electron chi connectivity index (χ0n) is 12.4. The van der Waals surface area contributed by atoms with Gasteiger partial charge in [-0.05, 0) is 43.5 Å². The maximum absolute atomic E-state index is 11.9. The first-order valence-corrected chi connectivity index (χ1v) is 8.58. The third kappa shape index (κ3) is 3.47. The summed E-state index contributed by atoms with van der Waals surface area (Å²) >= 11 is 7.77. The summed E-state index contributed by atoms with van der Waals surface area (Å²) in [6.07, 6.45) is 5.71. The average Bonchev–Trinajstić information content (AvgIpc) is 2.98. The summed E-state index contributed by atoms with van der Waals surface area (Å²) in [5, 5.41) is 12.6. The van der Waals surface area contributed by atoms with E-state index < -0.39 is 5.54 Å². The lowest BCUT2D eigenvalue weighted by molar-refractivity contribution is -0.118. The van der Waals surface area contributed by atoms with Gasteiger partial charge in [0.25, 0.3) is 0 Å². The SMILES string of the molecule is N#CC1(NC(=O)C=Cc2ccc(-c3ccccc3Cl)s2)CCC1. The van der Waals surface area contributed by atoms with Crippen molar-refractivity contribution in [3.05, 3.63) is 52.4 Å². The van der Waals surface area contributed by atoms with Gasteiger partial charge in [-0.15, -0.1) is 11.3 Å². The number of halogens is 1. The highest BCUT2D eigenvalue weighted by molar-refractivity contribution is 7.16. The van der Waals surface area contributed by atoms with E-state index in [-0.39, 0.29) is 5.91 Å². The molecule has 0 atom stereocenters. The van der Waals surface area contributed by atoms with Crippen LogP contribution in [0.5, 0.6) is 0 Å². The lowest BCUT2D eigenvalue weighted by atomic mass is 9.78. The minimum absolute atomic E-state index is 0.223. The van der Waals surface area contributed by atoms with Crippen LogP contribution >= 0.6 is 22.9 Å². The van der Waals surface area contributed by atoms with Crippen molar-refractivity contribution < 1.29 is 4.79 Å². The Morgan fingerprint density at radius 3 is 2.74 bits per heavy atom. The van der Waals surface area contributed by atoms with Gasteiger partial charge in [-0.1, -0.05) is 29.8 Å².